The molecule has 38 heavy (non-hydrogen) atoms. The van der Waals surface area contributed by atoms with Crippen molar-refractivity contribution in [3.05, 3.63) is 150 Å². The Kier molecular flexibility index (Phi) is 6.63. The molecule has 0 amide bonds. The predicted molar refractivity (Wildman–Crippen MR) is 162 cm³/mol. The summed E-state index contributed by atoms with van der Waals surface area (Å²) in [5.41, 5.74) is 12.4. The smallest absolute Gasteiger partial charge is 0.124 e. The average Bonchev–Trinajstić information content (AvgIpc) is 3.15. The lowest BCUT2D eigenvalue weighted by molar-refractivity contribution is 0.550. The van der Waals surface area contributed by atoms with Crippen molar-refractivity contribution in [2.24, 2.45) is 11.7 Å². The first-order valence-electron chi connectivity index (χ1n) is 12.5. The van der Waals surface area contributed by atoms with Crippen LogP contribution in [0.4, 0.5) is 0 Å². The van der Waals surface area contributed by atoms with E-state index in [2.05, 4.69) is 67.5 Å². The van der Waals surface area contributed by atoms with Gasteiger partial charge in [-0.05, 0) is 70.0 Å². The van der Waals surface area contributed by atoms with Crippen LogP contribution in [0.5, 0.6) is 0 Å². The Bertz CT molecular complexity index is 1710. The van der Waals surface area contributed by atoms with E-state index in [1.807, 2.05) is 54.6 Å². The van der Waals surface area contributed by atoms with E-state index in [1.165, 1.54) is 6.21 Å². The van der Waals surface area contributed by atoms with E-state index < -0.39 is 0 Å². The van der Waals surface area contributed by atoms with Crippen molar-refractivity contribution in [1.29, 1.82) is 10.8 Å². The highest BCUT2D eigenvalue weighted by molar-refractivity contribution is 6.22. The zero-order valence-corrected chi connectivity index (χ0v) is 21.4. The summed E-state index contributed by atoms with van der Waals surface area (Å²) in [4.78, 5) is 2.08. The molecule has 2 aliphatic rings. The van der Waals surface area contributed by atoms with Gasteiger partial charge in [-0.25, -0.2) is 0 Å². The Balaban J connectivity index is 1.72. The molecule has 3 aromatic rings. The van der Waals surface area contributed by atoms with Gasteiger partial charge in [0.25, 0.3) is 0 Å². The summed E-state index contributed by atoms with van der Waals surface area (Å²) in [6.07, 6.45) is 19.4. The maximum atomic E-state index is 8.48. The number of allylic oxidation sites excluding steroid dienone is 11. The lowest BCUT2D eigenvalue weighted by Crippen LogP contribution is -2.26. The Hall–Kier alpha value is -4.96. The number of benzene rings is 3. The van der Waals surface area contributed by atoms with Gasteiger partial charge in [0.1, 0.15) is 5.84 Å². The first kappa shape index (κ1) is 24.7. The minimum atomic E-state index is 0.0205. The fourth-order valence-corrected chi connectivity index (χ4v) is 5.44. The highest BCUT2D eigenvalue weighted by Gasteiger charge is 2.26. The van der Waals surface area contributed by atoms with Gasteiger partial charge in [0.15, 0.2) is 0 Å². The molecule has 1 atom stereocenters. The highest BCUT2D eigenvalue weighted by Crippen LogP contribution is 2.38. The van der Waals surface area contributed by atoms with E-state index in [9.17, 15) is 0 Å². The molecule has 4 nitrogen and oxygen atoms in total. The van der Waals surface area contributed by atoms with Gasteiger partial charge in [-0.1, -0.05) is 86.0 Å². The fraction of sp³-hybridized carbons (Fsp3) is 0.0588. The van der Waals surface area contributed by atoms with E-state index >= 15 is 0 Å². The number of nitrogens with two attached hydrogens (primary N) is 1. The van der Waals surface area contributed by atoms with Crippen LogP contribution in [0.25, 0.3) is 27.1 Å². The first-order valence-corrected chi connectivity index (χ1v) is 12.5. The molecule has 186 valence electrons. The Morgan fingerprint density at radius 1 is 0.921 bits per heavy atom. The Morgan fingerprint density at radius 2 is 1.55 bits per heavy atom. The maximum Gasteiger partial charge on any atom is 0.124 e. The summed E-state index contributed by atoms with van der Waals surface area (Å²) in [6.45, 7) is 10.2. The molecule has 1 aliphatic heterocycles. The minimum absolute atomic E-state index is 0.0205. The van der Waals surface area contributed by atoms with E-state index in [0.29, 0.717) is 0 Å². The molecule has 1 unspecified atom stereocenters. The van der Waals surface area contributed by atoms with Crippen molar-refractivity contribution in [2.45, 2.75) is 6.92 Å². The SMILES string of the molecule is C=CC1=C(C=N)C2C=CC=CC(=C2)N1/C(C=C)=C/C=C(\C)c1c(C(=N)N)c2ccccc2c2ccccc12. The molecule has 4 heteroatoms. The lowest BCUT2D eigenvalue weighted by atomic mass is 9.87. The van der Waals surface area contributed by atoms with Crippen LogP contribution in [0.15, 0.2) is 139 Å². The number of rotatable bonds is 7. The topological polar surface area (TPSA) is 77.0 Å². The number of hydrogen-bond donors (Lipinski definition) is 3. The number of fused-ring (bicyclic) bond motifs is 4. The van der Waals surface area contributed by atoms with Gasteiger partial charge < -0.3 is 16.0 Å². The number of hydrogen-bond acceptors (Lipinski definition) is 3. The molecule has 0 radical (unpaired) electrons. The minimum Gasteiger partial charge on any atom is -0.384 e. The fourth-order valence-electron chi connectivity index (χ4n) is 5.44. The van der Waals surface area contributed by atoms with Gasteiger partial charge in [0.05, 0.1) is 5.70 Å². The third kappa shape index (κ3) is 4.06. The van der Waals surface area contributed by atoms with Crippen LogP contribution in [0, 0.1) is 16.7 Å². The third-order valence-corrected chi connectivity index (χ3v) is 7.12. The van der Waals surface area contributed by atoms with Crippen LogP contribution < -0.4 is 5.73 Å². The van der Waals surface area contributed by atoms with Gasteiger partial charge in [-0.2, -0.15) is 0 Å². The zero-order valence-electron chi connectivity index (χ0n) is 21.4. The predicted octanol–water partition coefficient (Wildman–Crippen LogP) is 7.78. The maximum absolute atomic E-state index is 8.48. The second kappa shape index (κ2) is 10.2. The molecule has 1 heterocycles. The lowest BCUT2D eigenvalue weighted by Gasteiger charge is -2.34. The standard InChI is InChI=1S/C34H30N4/c1-4-24(38-25-13-7-6-12-23(20-25)30(21-35)31(38)5-2)19-18-22(3)32-28-16-10-8-14-26(28)27-15-9-11-17-29(27)33(32)34(36)37/h4-21,23,35H,1-2H2,3H3,(H3,36,37)/b22-18+,24-19+,35-21?. The number of nitrogens with one attached hydrogen (secondary N) is 2. The largest absolute Gasteiger partial charge is 0.384 e. The quantitative estimate of drug-likeness (QED) is 0.136. The second-order valence-electron chi connectivity index (χ2n) is 9.29. The van der Waals surface area contributed by atoms with Crippen LogP contribution in [-0.2, 0) is 0 Å². The van der Waals surface area contributed by atoms with Crippen molar-refractivity contribution in [3.8, 4) is 0 Å². The monoisotopic (exact) mass is 494 g/mol. The van der Waals surface area contributed by atoms with Crippen molar-refractivity contribution >= 4 is 39.2 Å². The van der Waals surface area contributed by atoms with Gasteiger partial charge in [0.2, 0.25) is 0 Å². The van der Waals surface area contributed by atoms with Crippen LogP contribution in [0.1, 0.15) is 18.1 Å². The number of amidine groups is 1. The Labute approximate surface area is 223 Å². The normalized spacial score (nSPS) is 17.4. The molecular formula is C34H30N4. The molecule has 0 saturated heterocycles. The summed E-state index contributed by atoms with van der Waals surface area (Å²) < 4.78 is 0. The molecule has 2 bridgehead atoms. The van der Waals surface area contributed by atoms with Crippen molar-refractivity contribution in [2.75, 3.05) is 0 Å². The van der Waals surface area contributed by atoms with E-state index in [1.54, 1.807) is 6.08 Å². The highest BCUT2D eigenvalue weighted by atomic mass is 15.2. The molecule has 0 aromatic heterocycles. The van der Waals surface area contributed by atoms with Crippen LogP contribution >= 0.6 is 0 Å². The van der Waals surface area contributed by atoms with Crippen molar-refractivity contribution < 1.29 is 0 Å². The van der Waals surface area contributed by atoms with Crippen molar-refractivity contribution in [3.63, 3.8) is 0 Å². The summed E-state index contributed by atoms with van der Waals surface area (Å²) in [5, 5.41) is 20.8. The van der Waals surface area contributed by atoms with Gasteiger partial charge >= 0.3 is 0 Å². The molecule has 4 N–H and O–H groups in total. The molecule has 0 spiro atoms. The molecule has 0 fully saturated rings. The average molecular weight is 495 g/mol. The van der Waals surface area contributed by atoms with E-state index in [4.69, 9.17) is 16.6 Å². The number of nitrogen functional groups attached to an aromatic ring is 1. The van der Waals surface area contributed by atoms with Crippen LogP contribution in [0.3, 0.4) is 0 Å². The molecule has 3 aromatic carbocycles. The summed E-state index contributed by atoms with van der Waals surface area (Å²) in [7, 11) is 0. The zero-order chi connectivity index (χ0) is 26.8. The van der Waals surface area contributed by atoms with E-state index in [-0.39, 0.29) is 11.8 Å². The summed E-state index contributed by atoms with van der Waals surface area (Å²) >= 11 is 0. The van der Waals surface area contributed by atoms with Gasteiger partial charge in [0, 0.05) is 34.7 Å². The van der Waals surface area contributed by atoms with Gasteiger partial charge in [-0.3, -0.25) is 5.41 Å². The third-order valence-electron chi connectivity index (χ3n) is 7.12. The summed E-state index contributed by atoms with van der Waals surface area (Å²) in [6, 6.07) is 16.4. The van der Waals surface area contributed by atoms with Crippen LogP contribution in [-0.4, -0.2) is 17.0 Å². The Morgan fingerprint density at radius 3 is 2.13 bits per heavy atom. The molecule has 5 rings (SSSR count). The first-order chi connectivity index (χ1) is 18.5. The van der Waals surface area contributed by atoms with Crippen molar-refractivity contribution in [1.82, 2.24) is 4.90 Å². The summed E-state index contributed by atoms with van der Waals surface area (Å²) in [5.74, 6) is 0.0608. The number of nitrogens with zero attached hydrogens (tertiary/aromatic N) is 1. The molecule has 0 saturated carbocycles. The van der Waals surface area contributed by atoms with Gasteiger partial charge in [-0.15, -0.1) is 0 Å². The van der Waals surface area contributed by atoms with E-state index in [0.717, 1.165) is 60.9 Å². The second-order valence-corrected chi connectivity index (χ2v) is 9.29. The van der Waals surface area contributed by atoms with Crippen LogP contribution in [0.2, 0.25) is 0 Å². The molecular weight excluding hydrogens is 464 g/mol. The molecule has 1 aliphatic carbocycles.